The molecule has 0 spiro atoms. The number of hydrogen-bond donors (Lipinski definition) is 1. The van der Waals surface area contributed by atoms with Crippen molar-refractivity contribution in [3.63, 3.8) is 0 Å². The lowest BCUT2D eigenvalue weighted by Gasteiger charge is -2.51. The zero-order chi connectivity index (χ0) is 11.9. The molecular formula is C9H18N2O4. The molecule has 0 aromatic rings. The summed E-state index contributed by atoms with van der Waals surface area (Å²) in [5, 5.41) is 20.6. The quantitative estimate of drug-likeness (QED) is 0.555. The Bertz CT molecular complexity index is 247. The van der Waals surface area contributed by atoms with E-state index in [0.717, 1.165) is 0 Å². The van der Waals surface area contributed by atoms with Gasteiger partial charge < -0.3 is 5.11 Å². The summed E-state index contributed by atoms with van der Waals surface area (Å²) in [7, 11) is 0. The molecule has 0 aromatic carbocycles. The van der Waals surface area contributed by atoms with Gasteiger partial charge in [0.15, 0.2) is 0 Å². The summed E-state index contributed by atoms with van der Waals surface area (Å²) in [4.78, 5) is 15.0. The van der Waals surface area contributed by atoms with E-state index < -0.39 is 22.3 Å². The molecule has 6 heteroatoms. The molecule has 15 heavy (non-hydrogen) atoms. The molecule has 0 bridgehead atoms. The molecule has 1 aliphatic heterocycles. The van der Waals surface area contributed by atoms with E-state index in [4.69, 9.17) is 0 Å². The molecule has 0 unspecified atom stereocenters. The van der Waals surface area contributed by atoms with Crippen molar-refractivity contribution in [2.75, 3.05) is 0 Å². The van der Waals surface area contributed by atoms with Crippen LogP contribution in [0.2, 0.25) is 0 Å². The highest BCUT2D eigenvalue weighted by Gasteiger charge is 2.47. The minimum absolute atomic E-state index is 0.443. The smallest absolute Gasteiger partial charge is 0.312 e. The van der Waals surface area contributed by atoms with Gasteiger partial charge in [-0.3, -0.25) is 0 Å². The van der Waals surface area contributed by atoms with E-state index in [1.807, 2.05) is 27.7 Å². The van der Waals surface area contributed by atoms with Crippen LogP contribution in [-0.4, -0.2) is 32.4 Å². The first-order chi connectivity index (χ1) is 6.65. The van der Waals surface area contributed by atoms with Crippen molar-refractivity contribution in [2.45, 2.75) is 57.7 Å². The molecule has 1 saturated heterocycles. The molecule has 0 aromatic heterocycles. The summed E-state index contributed by atoms with van der Waals surface area (Å²) in [5.74, 6) is 0. The van der Waals surface area contributed by atoms with Gasteiger partial charge in [-0.25, -0.2) is 4.94 Å². The topological polar surface area (TPSA) is 75.8 Å². The first kappa shape index (κ1) is 12.2. The zero-order valence-corrected chi connectivity index (χ0v) is 9.56. The van der Waals surface area contributed by atoms with Crippen LogP contribution >= 0.6 is 0 Å². The number of nitrogens with zero attached hydrogens (tertiary/aromatic N) is 2. The third-order valence-corrected chi connectivity index (χ3v) is 2.72. The Morgan fingerprint density at radius 1 is 1.33 bits per heavy atom. The van der Waals surface area contributed by atoms with Crippen LogP contribution in [0.3, 0.4) is 0 Å². The Kier molecular flexibility index (Phi) is 2.93. The first-order valence-corrected chi connectivity index (χ1v) is 4.96. The maximum Gasteiger partial charge on any atom is 0.312 e. The van der Waals surface area contributed by atoms with Crippen molar-refractivity contribution in [3.05, 3.63) is 10.1 Å². The third kappa shape index (κ3) is 2.57. The van der Waals surface area contributed by atoms with Gasteiger partial charge in [-0.2, -0.15) is 0 Å². The summed E-state index contributed by atoms with van der Waals surface area (Å²) >= 11 is 0. The van der Waals surface area contributed by atoms with Crippen LogP contribution in [0.4, 0.5) is 0 Å². The van der Waals surface area contributed by atoms with E-state index in [1.54, 1.807) is 0 Å². The first-order valence-electron chi connectivity index (χ1n) is 4.96. The maximum atomic E-state index is 10.4. The average molecular weight is 218 g/mol. The Labute approximate surface area is 88.9 Å². The van der Waals surface area contributed by atoms with Crippen LogP contribution < -0.4 is 0 Å². The molecule has 0 atom stereocenters. The van der Waals surface area contributed by atoms with Crippen molar-refractivity contribution in [2.24, 2.45) is 0 Å². The van der Waals surface area contributed by atoms with Crippen LogP contribution in [0.25, 0.3) is 0 Å². The van der Waals surface area contributed by atoms with Crippen molar-refractivity contribution in [1.29, 1.82) is 0 Å². The summed E-state index contributed by atoms with van der Waals surface area (Å²) < 4.78 is 0. The van der Waals surface area contributed by atoms with Crippen LogP contribution in [0.1, 0.15) is 40.5 Å². The maximum absolute atomic E-state index is 10.4. The largest absolute Gasteiger partial charge is 0.393 e. The van der Waals surface area contributed by atoms with Crippen molar-refractivity contribution in [1.82, 2.24) is 5.06 Å². The molecule has 1 heterocycles. The third-order valence-electron chi connectivity index (χ3n) is 2.72. The van der Waals surface area contributed by atoms with Gasteiger partial charge in [0.2, 0.25) is 0 Å². The Morgan fingerprint density at radius 3 is 2.07 bits per heavy atom. The Morgan fingerprint density at radius 2 is 1.73 bits per heavy atom. The van der Waals surface area contributed by atoms with E-state index >= 15 is 0 Å². The van der Waals surface area contributed by atoms with E-state index in [-0.39, 0.29) is 0 Å². The van der Waals surface area contributed by atoms with Gasteiger partial charge in [0, 0.05) is 11.1 Å². The van der Waals surface area contributed by atoms with Gasteiger partial charge in [-0.05, 0) is 40.5 Å². The standard InChI is InChI=1S/C9H18N2O4/c1-8(2)5-7(12)6-9(3,4)10(8)15-11(13)14/h7,12H,5-6H2,1-4H3. The highest BCUT2D eigenvalue weighted by atomic mass is 17.0. The number of aliphatic hydroxyl groups is 1. The van der Waals surface area contributed by atoms with Gasteiger partial charge in [0.05, 0.1) is 6.10 Å². The van der Waals surface area contributed by atoms with Gasteiger partial charge in [0.1, 0.15) is 0 Å². The normalized spacial score (nSPS) is 26.2. The molecule has 1 N–H and O–H groups in total. The lowest BCUT2D eigenvalue weighted by atomic mass is 9.80. The minimum atomic E-state index is -0.804. The van der Waals surface area contributed by atoms with E-state index in [9.17, 15) is 15.2 Å². The minimum Gasteiger partial charge on any atom is -0.393 e. The van der Waals surface area contributed by atoms with Gasteiger partial charge in [-0.1, -0.05) is 0 Å². The Balaban J connectivity index is 2.92. The molecule has 1 fully saturated rings. The van der Waals surface area contributed by atoms with E-state index in [1.165, 1.54) is 5.06 Å². The van der Waals surface area contributed by atoms with Crippen molar-refractivity contribution < 1.29 is 15.1 Å². The Hall–Kier alpha value is -0.880. The molecule has 1 rings (SSSR count). The number of hydroxylamine groups is 2. The molecule has 88 valence electrons. The van der Waals surface area contributed by atoms with Crippen LogP contribution in [0.15, 0.2) is 0 Å². The number of piperidine rings is 1. The fourth-order valence-corrected chi connectivity index (χ4v) is 2.50. The molecule has 0 aliphatic carbocycles. The summed E-state index contributed by atoms with van der Waals surface area (Å²) in [6.07, 6.45) is 0.482. The average Bonchev–Trinajstić information content (AvgIpc) is 1.94. The van der Waals surface area contributed by atoms with Crippen LogP contribution in [0.5, 0.6) is 0 Å². The molecule has 1 aliphatic rings. The predicted molar refractivity (Wildman–Crippen MR) is 53.3 cm³/mol. The van der Waals surface area contributed by atoms with Gasteiger partial charge in [-0.15, -0.1) is 15.2 Å². The molecule has 0 saturated carbocycles. The summed E-state index contributed by atoms with van der Waals surface area (Å²) in [5.41, 5.74) is -1.09. The highest BCUT2D eigenvalue weighted by molar-refractivity contribution is 4.96. The number of hydrogen-bond acceptors (Lipinski definition) is 5. The molecule has 0 radical (unpaired) electrons. The number of aliphatic hydroxyl groups excluding tert-OH is 1. The van der Waals surface area contributed by atoms with Crippen LogP contribution in [-0.2, 0) is 4.94 Å². The monoisotopic (exact) mass is 218 g/mol. The second kappa shape index (κ2) is 3.61. The summed E-state index contributed by atoms with van der Waals surface area (Å²) in [6.45, 7) is 7.28. The summed E-state index contributed by atoms with van der Waals surface area (Å²) in [6, 6.07) is 0. The van der Waals surface area contributed by atoms with Crippen molar-refractivity contribution in [3.8, 4) is 0 Å². The molecule has 0 amide bonds. The molecule has 6 nitrogen and oxygen atoms in total. The van der Waals surface area contributed by atoms with E-state index in [0.29, 0.717) is 12.8 Å². The van der Waals surface area contributed by atoms with E-state index in [2.05, 4.69) is 4.94 Å². The second-order valence-electron chi connectivity index (χ2n) is 5.29. The van der Waals surface area contributed by atoms with Crippen molar-refractivity contribution >= 4 is 0 Å². The van der Waals surface area contributed by atoms with Gasteiger partial charge in [0.25, 0.3) is 0 Å². The fraction of sp³-hybridized carbons (Fsp3) is 1.00. The second-order valence-corrected chi connectivity index (χ2v) is 5.29. The zero-order valence-electron chi connectivity index (χ0n) is 9.56. The fourth-order valence-electron chi connectivity index (χ4n) is 2.50. The number of rotatable bonds is 2. The molecular weight excluding hydrogens is 200 g/mol. The lowest BCUT2D eigenvalue weighted by molar-refractivity contribution is -0.823. The van der Waals surface area contributed by atoms with Crippen LogP contribution in [0, 0.1) is 10.1 Å². The highest BCUT2D eigenvalue weighted by Crippen LogP contribution is 2.38. The lowest BCUT2D eigenvalue weighted by Crippen LogP contribution is -2.62. The predicted octanol–water partition coefficient (Wildman–Crippen LogP) is 1.12. The SMILES string of the molecule is CC1(C)CC(O)CC(C)(C)N1O[N+](=O)[O-]. The van der Waals surface area contributed by atoms with Gasteiger partial charge >= 0.3 is 5.09 Å².